The largest absolute Gasteiger partial charge is 0.493 e. The van der Waals surface area contributed by atoms with Crippen molar-refractivity contribution in [1.82, 2.24) is 19.8 Å². The molecule has 0 radical (unpaired) electrons. The lowest BCUT2D eigenvalue weighted by Crippen LogP contribution is -2.28. The molecule has 0 atom stereocenters. The summed E-state index contributed by atoms with van der Waals surface area (Å²) in [6.07, 6.45) is 5.46. The van der Waals surface area contributed by atoms with Crippen molar-refractivity contribution < 1.29 is 19.1 Å². The summed E-state index contributed by atoms with van der Waals surface area (Å²) in [7, 11) is 1.60. The monoisotopic (exact) mass is 493 g/mol. The zero-order valence-electron chi connectivity index (χ0n) is 21.2. The lowest BCUT2D eigenvalue weighted by atomic mass is 10.1. The van der Waals surface area contributed by atoms with Crippen molar-refractivity contribution in [3.8, 4) is 11.5 Å². The van der Waals surface area contributed by atoms with Gasteiger partial charge in [-0.25, -0.2) is 4.98 Å². The number of hydrogen-bond donors (Lipinski definition) is 2. The molecule has 0 saturated heterocycles. The molecule has 1 aromatic heterocycles. The number of benzene rings is 2. The molecule has 2 N–H and O–H groups in total. The summed E-state index contributed by atoms with van der Waals surface area (Å²) in [6.45, 7) is 8.51. The van der Waals surface area contributed by atoms with Gasteiger partial charge in [-0.3, -0.25) is 9.59 Å². The van der Waals surface area contributed by atoms with Gasteiger partial charge in [-0.1, -0.05) is 26.0 Å². The average molecular weight is 494 g/mol. The summed E-state index contributed by atoms with van der Waals surface area (Å²) in [6, 6.07) is 12.5. The molecule has 1 heterocycles. The smallest absolute Gasteiger partial charge is 0.251 e. The maximum atomic E-state index is 12.7. The molecular weight excluding hydrogens is 458 g/mol. The van der Waals surface area contributed by atoms with Crippen molar-refractivity contribution in [1.29, 1.82) is 0 Å². The number of imidazole rings is 1. The van der Waals surface area contributed by atoms with E-state index in [1.165, 1.54) is 0 Å². The SMILES string of the molecule is CCN(CC)CCOc1ccc(CNC(=O)c2cccc(NC(=O)CCn3ccnc3)c2)cc1OC. The number of hydrogen-bond acceptors (Lipinski definition) is 6. The molecule has 2 aromatic carbocycles. The third-order valence-corrected chi connectivity index (χ3v) is 5.81. The topological polar surface area (TPSA) is 97.7 Å². The Morgan fingerprint density at radius 2 is 1.92 bits per heavy atom. The number of carbonyl (C=O) groups excluding carboxylic acids is 2. The van der Waals surface area contributed by atoms with Crippen molar-refractivity contribution in [2.75, 3.05) is 38.7 Å². The maximum Gasteiger partial charge on any atom is 0.251 e. The number of carbonyl (C=O) groups is 2. The van der Waals surface area contributed by atoms with E-state index < -0.39 is 0 Å². The van der Waals surface area contributed by atoms with Crippen LogP contribution in [0.5, 0.6) is 11.5 Å². The van der Waals surface area contributed by atoms with E-state index in [9.17, 15) is 9.59 Å². The Labute approximate surface area is 212 Å². The average Bonchev–Trinajstić information content (AvgIpc) is 3.43. The fourth-order valence-electron chi connectivity index (χ4n) is 3.66. The first-order valence-corrected chi connectivity index (χ1v) is 12.2. The zero-order valence-corrected chi connectivity index (χ0v) is 21.2. The number of amides is 2. The van der Waals surface area contributed by atoms with Crippen molar-refractivity contribution in [3.05, 3.63) is 72.3 Å². The molecule has 0 unspecified atom stereocenters. The molecule has 2 amide bonds. The molecule has 9 nitrogen and oxygen atoms in total. The second kappa shape index (κ2) is 13.9. The van der Waals surface area contributed by atoms with Gasteiger partial charge < -0.3 is 29.6 Å². The minimum Gasteiger partial charge on any atom is -0.493 e. The minimum absolute atomic E-state index is 0.132. The fourth-order valence-corrected chi connectivity index (χ4v) is 3.66. The number of aromatic nitrogens is 2. The number of methoxy groups -OCH3 is 1. The first-order chi connectivity index (χ1) is 17.5. The second-order valence-corrected chi connectivity index (χ2v) is 8.22. The third-order valence-electron chi connectivity index (χ3n) is 5.81. The molecule has 36 heavy (non-hydrogen) atoms. The Kier molecular flexibility index (Phi) is 10.3. The van der Waals surface area contributed by atoms with Crippen LogP contribution in [0.25, 0.3) is 0 Å². The predicted molar refractivity (Wildman–Crippen MR) is 139 cm³/mol. The van der Waals surface area contributed by atoms with Crippen LogP contribution < -0.4 is 20.1 Å². The van der Waals surface area contributed by atoms with Crippen LogP contribution in [0.15, 0.2) is 61.2 Å². The summed E-state index contributed by atoms with van der Waals surface area (Å²) in [5.41, 5.74) is 1.93. The Morgan fingerprint density at radius 3 is 2.64 bits per heavy atom. The molecule has 0 aliphatic heterocycles. The minimum atomic E-state index is -0.233. The van der Waals surface area contributed by atoms with E-state index in [2.05, 4.69) is 34.4 Å². The number of anilines is 1. The van der Waals surface area contributed by atoms with Crippen molar-refractivity contribution in [2.45, 2.75) is 33.4 Å². The van der Waals surface area contributed by atoms with E-state index in [-0.39, 0.29) is 11.8 Å². The molecule has 3 rings (SSSR count). The van der Waals surface area contributed by atoms with Crippen LogP contribution in [0, 0.1) is 0 Å². The van der Waals surface area contributed by atoms with Crippen molar-refractivity contribution in [3.63, 3.8) is 0 Å². The van der Waals surface area contributed by atoms with Crippen molar-refractivity contribution >= 4 is 17.5 Å². The summed E-state index contributed by atoms with van der Waals surface area (Å²) in [4.78, 5) is 31.2. The van der Waals surface area contributed by atoms with Crippen LogP contribution in [0.4, 0.5) is 5.69 Å². The Balaban J connectivity index is 1.51. The van der Waals surface area contributed by atoms with Gasteiger partial charge in [0.25, 0.3) is 5.91 Å². The van der Waals surface area contributed by atoms with E-state index in [1.807, 2.05) is 29.0 Å². The molecule has 0 saturated carbocycles. The number of ether oxygens (including phenoxy) is 2. The highest BCUT2D eigenvalue weighted by molar-refractivity contribution is 5.97. The third kappa shape index (κ3) is 8.13. The van der Waals surface area contributed by atoms with Gasteiger partial charge in [-0.05, 0) is 49.0 Å². The normalized spacial score (nSPS) is 10.8. The van der Waals surface area contributed by atoms with Crippen LogP contribution in [0.3, 0.4) is 0 Å². The maximum absolute atomic E-state index is 12.7. The van der Waals surface area contributed by atoms with Gasteiger partial charge in [-0.2, -0.15) is 0 Å². The van der Waals surface area contributed by atoms with E-state index in [0.717, 1.165) is 25.2 Å². The standard InChI is InChI=1S/C27H35N5O4/c1-4-31(5-2)15-16-36-24-10-9-21(17-25(24)35-3)19-29-27(34)22-7-6-8-23(18-22)30-26(33)11-13-32-14-12-28-20-32/h6-10,12,14,17-18,20H,4-5,11,13,15-16,19H2,1-3H3,(H,29,34)(H,30,33). The Hall–Kier alpha value is -3.85. The van der Waals surface area contributed by atoms with Crippen LogP contribution in [0.2, 0.25) is 0 Å². The first kappa shape index (κ1) is 26.7. The van der Waals surface area contributed by atoms with Gasteiger partial charge in [-0.15, -0.1) is 0 Å². The highest BCUT2D eigenvalue weighted by Crippen LogP contribution is 2.28. The molecule has 0 spiro atoms. The lowest BCUT2D eigenvalue weighted by Gasteiger charge is -2.19. The molecule has 0 fully saturated rings. The second-order valence-electron chi connectivity index (χ2n) is 8.22. The zero-order chi connectivity index (χ0) is 25.8. The van der Waals surface area contributed by atoms with Crippen LogP contribution in [-0.2, 0) is 17.9 Å². The quantitative estimate of drug-likeness (QED) is 0.356. The summed E-state index contributed by atoms with van der Waals surface area (Å²) in [5.74, 6) is 0.939. The van der Waals surface area contributed by atoms with Crippen LogP contribution in [-0.4, -0.2) is 59.6 Å². The van der Waals surface area contributed by atoms with Gasteiger partial charge in [0.05, 0.1) is 13.4 Å². The molecule has 0 aliphatic rings. The van der Waals surface area contributed by atoms with E-state index in [1.54, 1.807) is 43.9 Å². The molecule has 0 aliphatic carbocycles. The van der Waals surface area contributed by atoms with Gasteiger partial charge in [0, 0.05) is 49.7 Å². The number of aryl methyl sites for hydroxylation is 1. The number of rotatable bonds is 14. The van der Waals surface area contributed by atoms with E-state index in [4.69, 9.17) is 9.47 Å². The molecule has 0 bridgehead atoms. The molecular formula is C27H35N5O4. The van der Waals surface area contributed by atoms with Crippen LogP contribution >= 0.6 is 0 Å². The van der Waals surface area contributed by atoms with E-state index in [0.29, 0.717) is 48.9 Å². The lowest BCUT2D eigenvalue weighted by molar-refractivity contribution is -0.116. The van der Waals surface area contributed by atoms with Gasteiger partial charge in [0.15, 0.2) is 11.5 Å². The van der Waals surface area contributed by atoms with Gasteiger partial charge >= 0.3 is 0 Å². The molecule has 192 valence electrons. The first-order valence-electron chi connectivity index (χ1n) is 12.2. The Morgan fingerprint density at radius 1 is 1.08 bits per heavy atom. The summed E-state index contributed by atoms with van der Waals surface area (Å²) in [5, 5.41) is 5.76. The summed E-state index contributed by atoms with van der Waals surface area (Å²) >= 11 is 0. The highest BCUT2D eigenvalue weighted by Gasteiger charge is 2.11. The van der Waals surface area contributed by atoms with E-state index >= 15 is 0 Å². The highest BCUT2D eigenvalue weighted by atomic mass is 16.5. The summed E-state index contributed by atoms with van der Waals surface area (Å²) < 4.78 is 13.2. The number of likely N-dealkylation sites (N-methyl/N-ethyl adjacent to an activating group) is 1. The Bertz CT molecular complexity index is 1110. The van der Waals surface area contributed by atoms with Crippen LogP contribution in [0.1, 0.15) is 36.2 Å². The van der Waals surface area contributed by atoms with Gasteiger partial charge in [0.2, 0.25) is 5.91 Å². The number of nitrogens with zero attached hydrogens (tertiary/aromatic N) is 3. The molecule has 9 heteroatoms. The number of nitrogens with one attached hydrogen (secondary N) is 2. The predicted octanol–water partition coefficient (Wildman–Crippen LogP) is 3.57. The van der Waals surface area contributed by atoms with Gasteiger partial charge in [0.1, 0.15) is 6.61 Å². The molecule has 3 aromatic rings. The fraction of sp³-hybridized carbons (Fsp3) is 0.370. The van der Waals surface area contributed by atoms with Crippen molar-refractivity contribution in [2.24, 2.45) is 0 Å².